The van der Waals surface area contributed by atoms with E-state index in [0.29, 0.717) is 11.9 Å². The fourth-order valence-electron chi connectivity index (χ4n) is 2.18. The Bertz CT molecular complexity index is 646. The van der Waals surface area contributed by atoms with E-state index in [-0.39, 0.29) is 6.04 Å². The maximum atomic E-state index is 5.87. The van der Waals surface area contributed by atoms with Crippen molar-refractivity contribution in [2.24, 2.45) is 0 Å². The number of aryl methyl sites for hydroxylation is 1. The lowest BCUT2D eigenvalue weighted by Crippen LogP contribution is -2.08. The number of pyridine rings is 1. The van der Waals surface area contributed by atoms with Gasteiger partial charge >= 0.3 is 0 Å². The number of rotatable bonds is 3. The number of anilines is 1. The average Bonchev–Trinajstić information content (AvgIpc) is 2.89. The van der Waals surface area contributed by atoms with Crippen molar-refractivity contribution in [3.05, 3.63) is 46.7 Å². The molecule has 1 aliphatic heterocycles. The number of ether oxygens (including phenoxy) is 2. The van der Waals surface area contributed by atoms with Gasteiger partial charge in [-0.05, 0) is 43.7 Å². The van der Waals surface area contributed by atoms with E-state index >= 15 is 0 Å². The highest BCUT2D eigenvalue weighted by molar-refractivity contribution is 6.29. The Kier molecular flexibility index (Phi) is 3.40. The highest BCUT2D eigenvalue weighted by atomic mass is 35.5. The molecule has 0 radical (unpaired) electrons. The van der Waals surface area contributed by atoms with E-state index in [9.17, 15) is 0 Å². The normalized spacial score (nSPS) is 14.2. The zero-order chi connectivity index (χ0) is 14.1. The number of aromatic nitrogens is 1. The molecule has 1 aromatic carbocycles. The van der Waals surface area contributed by atoms with Crippen molar-refractivity contribution in [1.29, 1.82) is 0 Å². The van der Waals surface area contributed by atoms with Crippen LogP contribution >= 0.6 is 11.6 Å². The summed E-state index contributed by atoms with van der Waals surface area (Å²) in [4.78, 5) is 4.24. The van der Waals surface area contributed by atoms with Gasteiger partial charge in [0, 0.05) is 6.04 Å². The van der Waals surface area contributed by atoms with Gasteiger partial charge in [-0.1, -0.05) is 17.7 Å². The van der Waals surface area contributed by atoms with Crippen LogP contribution in [0.15, 0.2) is 30.3 Å². The van der Waals surface area contributed by atoms with Crippen LogP contribution in [0, 0.1) is 6.92 Å². The third-order valence-corrected chi connectivity index (χ3v) is 3.53. The second-order valence-corrected chi connectivity index (χ2v) is 5.13. The summed E-state index contributed by atoms with van der Waals surface area (Å²) in [5, 5.41) is 3.93. The molecule has 1 aliphatic rings. The Morgan fingerprint density at radius 3 is 2.80 bits per heavy atom. The summed E-state index contributed by atoms with van der Waals surface area (Å²) in [6, 6.07) is 9.81. The van der Waals surface area contributed by atoms with Crippen molar-refractivity contribution in [2.45, 2.75) is 19.9 Å². The number of hydrogen-bond acceptors (Lipinski definition) is 4. The van der Waals surface area contributed by atoms with Gasteiger partial charge in [0.1, 0.15) is 5.15 Å². The lowest BCUT2D eigenvalue weighted by Gasteiger charge is -2.17. The van der Waals surface area contributed by atoms with Crippen LogP contribution in [0.5, 0.6) is 11.5 Å². The molecule has 0 aliphatic carbocycles. The maximum absolute atomic E-state index is 5.87. The SMILES string of the molecule is Cc1nc(Cl)ccc1NC(C)c1ccc2c(c1)OCO2. The third-order valence-electron chi connectivity index (χ3n) is 3.32. The van der Waals surface area contributed by atoms with Crippen LogP contribution < -0.4 is 14.8 Å². The Hall–Kier alpha value is -1.94. The zero-order valence-corrected chi connectivity index (χ0v) is 12.1. The number of nitrogens with one attached hydrogen (secondary N) is 1. The first-order valence-electron chi connectivity index (χ1n) is 6.43. The Balaban J connectivity index is 1.80. The highest BCUT2D eigenvalue weighted by Crippen LogP contribution is 2.35. The molecule has 4 nitrogen and oxygen atoms in total. The standard InChI is InChI=1S/C15H15ClN2O2/c1-9(17-12-4-6-15(16)18-10(12)2)11-3-5-13-14(7-11)20-8-19-13/h3-7,9,17H,8H2,1-2H3. The first kappa shape index (κ1) is 13.1. The minimum atomic E-state index is 0.131. The van der Waals surface area contributed by atoms with Crippen LogP contribution in [0.1, 0.15) is 24.2 Å². The van der Waals surface area contributed by atoms with Crippen molar-refractivity contribution in [1.82, 2.24) is 4.98 Å². The van der Waals surface area contributed by atoms with Crippen LogP contribution in [0.4, 0.5) is 5.69 Å². The summed E-state index contributed by atoms with van der Waals surface area (Å²) in [6.45, 7) is 4.31. The van der Waals surface area contributed by atoms with Crippen molar-refractivity contribution in [2.75, 3.05) is 12.1 Å². The minimum absolute atomic E-state index is 0.131. The smallest absolute Gasteiger partial charge is 0.231 e. The van der Waals surface area contributed by atoms with Crippen molar-refractivity contribution < 1.29 is 9.47 Å². The summed E-state index contributed by atoms with van der Waals surface area (Å²) in [5.41, 5.74) is 2.98. The second kappa shape index (κ2) is 5.21. The van der Waals surface area contributed by atoms with Gasteiger partial charge < -0.3 is 14.8 Å². The van der Waals surface area contributed by atoms with Gasteiger partial charge in [0.15, 0.2) is 11.5 Å². The average molecular weight is 291 g/mol. The summed E-state index contributed by atoms with van der Waals surface area (Å²) in [6.07, 6.45) is 0. The van der Waals surface area contributed by atoms with Crippen LogP contribution in [0.2, 0.25) is 5.15 Å². The van der Waals surface area contributed by atoms with Gasteiger partial charge in [0.2, 0.25) is 6.79 Å². The molecule has 0 fully saturated rings. The summed E-state index contributed by atoms with van der Waals surface area (Å²) in [7, 11) is 0. The van der Waals surface area contributed by atoms with Crippen LogP contribution in [0.25, 0.3) is 0 Å². The number of hydrogen-bond donors (Lipinski definition) is 1. The van der Waals surface area contributed by atoms with Crippen LogP contribution in [-0.4, -0.2) is 11.8 Å². The molecule has 2 aromatic rings. The molecule has 0 spiro atoms. The maximum Gasteiger partial charge on any atom is 0.231 e. The lowest BCUT2D eigenvalue weighted by atomic mass is 10.1. The molecule has 20 heavy (non-hydrogen) atoms. The van der Waals surface area contributed by atoms with E-state index in [2.05, 4.69) is 17.2 Å². The fraction of sp³-hybridized carbons (Fsp3) is 0.267. The highest BCUT2D eigenvalue weighted by Gasteiger charge is 2.16. The number of benzene rings is 1. The molecule has 1 unspecified atom stereocenters. The fourth-order valence-corrected chi connectivity index (χ4v) is 2.37. The minimum Gasteiger partial charge on any atom is -0.454 e. The molecule has 0 amide bonds. The predicted molar refractivity (Wildman–Crippen MR) is 78.6 cm³/mol. The van der Waals surface area contributed by atoms with Gasteiger partial charge in [0.25, 0.3) is 0 Å². The van der Waals surface area contributed by atoms with Crippen LogP contribution in [-0.2, 0) is 0 Å². The monoisotopic (exact) mass is 290 g/mol. The van der Waals surface area contributed by atoms with Gasteiger partial charge in [-0.3, -0.25) is 0 Å². The molecular formula is C15H15ClN2O2. The largest absolute Gasteiger partial charge is 0.454 e. The second-order valence-electron chi connectivity index (χ2n) is 4.75. The Labute approximate surface area is 122 Å². The van der Waals surface area contributed by atoms with E-state index in [4.69, 9.17) is 21.1 Å². The van der Waals surface area contributed by atoms with Gasteiger partial charge in [-0.15, -0.1) is 0 Å². The van der Waals surface area contributed by atoms with Gasteiger partial charge in [-0.25, -0.2) is 4.98 Å². The third kappa shape index (κ3) is 2.51. The molecule has 1 N–H and O–H groups in total. The van der Waals surface area contributed by atoms with Gasteiger partial charge in [0.05, 0.1) is 11.4 Å². The topological polar surface area (TPSA) is 43.4 Å². The molecule has 104 valence electrons. The quantitative estimate of drug-likeness (QED) is 0.870. The molecule has 1 atom stereocenters. The van der Waals surface area contributed by atoms with E-state index in [1.807, 2.05) is 31.2 Å². The van der Waals surface area contributed by atoms with Crippen molar-refractivity contribution in [3.63, 3.8) is 0 Å². The molecule has 0 bridgehead atoms. The Morgan fingerprint density at radius 2 is 2.00 bits per heavy atom. The molecule has 5 heteroatoms. The van der Waals surface area contributed by atoms with Crippen molar-refractivity contribution in [3.8, 4) is 11.5 Å². The van der Waals surface area contributed by atoms with E-state index in [0.717, 1.165) is 28.4 Å². The Morgan fingerprint density at radius 1 is 1.20 bits per heavy atom. The first-order chi connectivity index (χ1) is 9.63. The molecular weight excluding hydrogens is 276 g/mol. The molecule has 0 saturated heterocycles. The van der Waals surface area contributed by atoms with Crippen LogP contribution in [0.3, 0.4) is 0 Å². The summed E-state index contributed by atoms with van der Waals surface area (Å²) >= 11 is 5.87. The first-order valence-corrected chi connectivity index (χ1v) is 6.80. The zero-order valence-electron chi connectivity index (χ0n) is 11.3. The molecule has 3 rings (SSSR count). The van der Waals surface area contributed by atoms with E-state index < -0.39 is 0 Å². The van der Waals surface area contributed by atoms with E-state index in [1.54, 1.807) is 6.07 Å². The van der Waals surface area contributed by atoms with Gasteiger partial charge in [-0.2, -0.15) is 0 Å². The predicted octanol–water partition coefficient (Wildman–Crippen LogP) is 3.95. The van der Waals surface area contributed by atoms with E-state index in [1.165, 1.54) is 0 Å². The number of nitrogens with zero attached hydrogens (tertiary/aromatic N) is 1. The van der Waals surface area contributed by atoms with Crippen molar-refractivity contribution >= 4 is 17.3 Å². The number of halogens is 1. The summed E-state index contributed by atoms with van der Waals surface area (Å²) in [5.74, 6) is 1.59. The molecule has 1 aromatic heterocycles. The lowest BCUT2D eigenvalue weighted by molar-refractivity contribution is 0.174. The number of fused-ring (bicyclic) bond motifs is 1. The molecule has 2 heterocycles. The summed E-state index contributed by atoms with van der Waals surface area (Å²) < 4.78 is 10.7. The molecule has 0 saturated carbocycles.